The summed E-state index contributed by atoms with van der Waals surface area (Å²) in [5.74, 6) is 0.0439. The number of carbonyl (C=O) groups excluding carboxylic acids is 1. The number of fused-ring (bicyclic) bond motifs is 1. The molecule has 1 aromatic heterocycles. The highest BCUT2D eigenvalue weighted by Crippen LogP contribution is 2.17. The second-order valence-electron chi connectivity index (χ2n) is 6.43. The van der Waals surface area contributed by atoms with E-state index in [9.17, 15) is 9.59 Å². The number of carbonyl (C=O) groups is 1. The maximum atomic E-state index is 12.7. The number of anilines is 1. The van der Waals surface area contributed by atoms with Crippen LogP contribution < -0.4 is 10.5 Å². The average Bonchev–Trinajstić information content (AvgIpc) is 2.71. The molecule has 1 aliphatic heterocycles. The molecule has 6 nitrogen and oxygen atoms in total. The van der Waals surface area contributed by atoms with Gasteiger partial charge >= 0.3 is 0 Å². The average molecular weight is 348 g/mol. The maximum Gasteiger partial charge on any atom is 0.272 e. The Kier molecular flexibility index (Phi) is 4.39. The number of amides is 1. The molecule has 1 aliphatic rings. The smallest absolute Gasteiger partial charge is 0.272 e. The minimum atomic E-state index is -0.228. The number of rotatable bonds is 3. The summed E-state index contributed by atoms with van der Waals surface area (Å²) < 4.78 is 0. The summed E-state index contributed by atoms with van der Waals surface area (Å²) in [6, 6.07) is 17.5. The molecule has 0 saturated carbocycles. The number of hydrogen-bond acceptors (Lipinski definition) is 4. The fourth-order valence-electron chi connectivity index (χ4n) is 3.41. The molecule has 4 rings (SSSR count). The molecule has 0 radical (unpaired) electrons. The first-order valence-corrected chi connectivity index (χ1v) is 8.76. The van der Waals surface area contributed by atoms with Crippen LogP contribution in [0.3, 0.4) is 0 Å². The van der Waals surface area contributed by atoms with Crippen LogP contribution in [0.15, 0.2) is 59.4 Å². The maximum absolute atomic E-state index is 12.7. The minimum Gasteiger partial charge on any atom is -0.368 e. The Balaban J connectivity index is 1.45. The molecule has 26 heavy (non-hydrogen) atoms. The van der Waals surface area contributed by atoms with Gasteiger partial charge in [0.2, 0.25) is 5.91 Å². The van der Waals surface area contributed by atoms with Crippen molar-refractivity contribution in [2.45, 2.75) is 6.42 Å². The van der Waals surface area contributed by atoms with Crippen molar-refractivity contribution < 1.29 is 4.79 Å². The molecule has 1 N–H and O–H groups in total. The summed E-state index contributed by atoms with van der Waals surface area (Å²) in [7, 11) is 0. The molecule has 0 atom stereocenters. The monoisotopic (exact) mass is 348 g/mol. The number of nitrogens with zero attached hydrogens (tertiary/aromatic N) is 3. The largest absolute Gasteiger partial charge is 0.368 e. The zero-order chi connectivity index (χ0) is 17.9. The van der Waals surface area contributed by atoms with Gasteiger partial charge in [-0.05, 0) is 18.2 Å². The summed E-state index contributed by atoms with van der Waals surface area (Å²) in [6.07, 6.45) is 0.197. The van der Waals surface area contributed by atoms with E-state index in [1.165, 1.54) is 5.69 Å². The Morgan fingerprint density at radius 2 is 1.58 bits per heavy atom. The molecule has 0 spiro atoms. The van der Waals surface area contributed by atoms with Gasteiger partial charge in [0.05, 0.1) is 17.5 Å². The lowest BCUT2D eigenvalue weighted by molar-refractivity contribution is -0.130. The molecule has 1 fully saturated rings. The van der Waals surface area contributed by atoms with E-state index < -0.39 is 0 Å². The quantitative estimate of drug-likeness (QED) is 0.784. The van der Waals surface area contributed by atoms with E-state index >= 15 is 0 Å². The second-order valence-corrected chi connectivity index (χ2v) is 6.43. The van der Waals surface area contributed by atoms with E-state index in [-0.39, 0.29) is 17.9 Å². The number of H-pyrrole nitrogens is 1. The van der Waals surface area contributed by atoms with Gasteiger partial charge in [0.25, 0.3) is 5.56 Å². The van der Waals surface area contributed by atoms with Crippen LogP contribution in [0.25, 0.3) is 10.8 Å². The molecular weight excluding hydrogens is 328 g/mol. The van der Waals surface area contributed by atoms with Gasteiger partial charge in [-0.1, -0.05) is 36.4 Å². The predicted molar refractivity (Wildman–Crippen MR) is 101 cm³/mol. The molecule has 132 valence electrons. The lowest BCUT2D eigenvalue weighted by Crippen LogP contribution is -2.49. The van der Waals surface area contributed by atoms with Gasteiger partial charge < -0.3 is 9.80 Å². The molecule has 1 amide bonds. The van der Waals surface area contributed by atoms with Crippen molar-refractivity contribution in [3.63, 3.8) is 0 Å². The van der Waals surface area contributed by atoms with E-state index in [1.54, 1.807) is 6.07 Å². The molecule has 0 unspecified atom stereocenters. The van der Waals surface area contributed by atoms with E-state index in [4.69, 9.17) is 0 Å². The highest BCUT2D eigenvalue weighted by Gasteiger charge is 2.22. The normalized spacial score (nSPS) is 14.6. The van der Waals surface area contributed by atoms with Crippen LogP contribution in [0.2, 0.25) is 0 Å². The van der Waals surface area contributed by atoms with Crippen LogP contribution in [-0.2, 0) is 11.2 Å². The Morgan fingerprint density at radius 3 is 2.31 bits per heavy atom. The number of hydrogen-bond donors (Lipinski definition) is 1. The van der Waals surface area contributed by atoms with Crippen molar-refractivity contribution in [3.05, 3.63) is 70.6 Å². The molecular formula is C20H20N4O2. The zero-order valence-electron chi connectivity index (χ0n) is 14.4. The number of benzene rings is 2. The standard InChI is InChI=1S/C20H20N4O2/c25-19(14-18-16-8-4-5-9-17(16)20(26)22-21-18)24-12-10-23(11-13-24)15-6-2-1-3-7-15/h1-9H,10-14H2,(H,22,26). The number of para-hydroxylation sites is 1. The van der Waals surface area contributed by atoms with Crippen molar-refractivity contribution in [2.24, 2.45) is 0 Å². The van der Waals surface area contributed by atoms with Crippen molar-refractivity contribution in [3.8, 4) is 0 Å². The summed E-state index contributed by atoms with van der Waals surface area (Å²) in [5, 5.41) is 7.92. The fourth-order valence-corrected chi connectivity index (χ4v) is 3.41. The highest BCUT2D eigenvalue weighted by molar-refractivity contribution is 5.88. The Bertz CT molecular complexity index is 976. The van der Waals surface area contributed by atoms with Crippen molar-refractivity contribution in [1.29, 1.82) is 0 Å². The first kappa shape index (κ1) is 16.3. The van der Waals surface area contributed by atoms with Crippen LogP contribution in [-0.4, -0.2) is 47.2 Å². The molecule has 2 heterocycles. The number of piperazine rings is 1. The van der Waals surface area contributed by atoms with Crippen LogP contribution >= 0.6 is 0 Å². The topological polar surface area (TPSA) is 69.3 Å². The van der Waals surface area contributed by atoms with Gasteiger partial charge in [-0.15, -0.1) is 0 Å². The van der Waals surface area contributed by atoms with E-state index in [0.717, 1.165) is 18.5 Å². The highest BCUT2D eigenvalue weighted by atomic mass is 16.2. The van der Waals surface area contributed by atoms with Gasteiger partial charge in [0, 0.05) is 37.3 Å². The zero-order valence-corrected chi connectivity index (χ0v) is 14.4. The van der Waals surface area contributed by atoms with Gasteiger partial charge in [-0.25, -0.2) is 5.10 Å². The van der Waals surface area contributed by atoms with Crippen molar-refractivity contribution in [2.75, 3.05) is 31.1 Å². The molecule has 0 aliphatic carbocycles. The number of aromatic amines is 1. The predicted octanol–water partition coefficient (Wildman–Crippen LogP) is 1.81. The molecule has 2 aromatic carbocycles. The van der Waals surface area contributed by atoms with Crippen LogP contribution in [0.4, 0.5) is 5.69 Å². The SMILES string of the molecule is O=C(Cc1n[nH]c(=O)c2ccccc12)N1CCN(c2ccccc2)CC1. The number of nitrogens with one attached hydrogen (secondary N) is 1. The van der Waals surface area contributed by atoms with E-state index in [2.05, 4.69) is 27.2 Å². The Hall–Kier alpha value is -3.15. The molecule has 1 saturated heterocycles. The lowest BCUT2D eigenvalue weighted by atomic mass is 10.1. The first-order chi connectivity index (χ1) is 12.7. The Labute approximate surface area is 151 Å². The van der Waals surface area contributed by atoms with Crippen LogP contribution in [0.1, 0.15) is 5.69 Å². The third kappa shape index (κ3) is 3.18. The van der Waals surface area contributed by atoms with E-state index in [0.29, 0.717) is 24.2 Å². The third-order valence-electron chi connectivity index (χ3n) is 4.85. The summed E-state index contributed by atoms with van der Waals surface area (Å²) >= 11 is 0. The fraction of sp³-hybridized carbons (Fsp3) is 0.250. The number of aromatic nitrogens is 2. The third-order valence-corrected chi connectivity index (χ3v) is 4.85. The molecule has 6 heteroatoms. The van der Waals surface area contributed by atoms with E-state index in [1.807, 2.05) is 41.3 Å². The molecule has 0 bridgehead atoms. The lowest BCUT2D eigenvalue weighted by Gasteiger charge is -2.36. The van der Waals surface area contributed by atoms with Crippen LogP contribution in [0, 0.1) is 0 Å². The Morgan fingerprint density at radius 1 is 0.923 bits per heavy atom. The summed E-state index contributed by atoms with van der Waals surface area (Å²) in [4.78, 5) is 28.8. The van der Waals surface area contributed by atoms with Crippen molar-refractivity contribution in [1.82, 2.24) is 15.1 Å². The van der Waals surface area contributed by atoms with Gasteiger partial charge in [-0.2, -0.15) is 5.10 Å². The second kappa shape index (κ2) is 7.00. The first-order valence-electron chi connectivity index (χ1n) is 8.76. The van der Waals surface area contributed by atoms with Crippen LogP contribution in [0.5, 0.6) is 0 Å². The van der Waals surface area contributed by atoms with Gasteiger partial charge in [0.15, 0.2) is 0 Å². The van der Waals surface area contributed by atoms with Gasteiger partial charge in [-0.3, -0.25) is 9.59 Å². The van der Waals surface area contributed by atoms with Gasteiger partial charge in [0.1, 0.15) is 0 Å². The van der Waals surface area contributed by atoms with Crippen molar-refractivity contribution >= 4 is 22.4 Å². The molecule has 3 aromatic rings. The summed E-state index contributed by atoms with van der Waals surface area (Å²) in [5.41, 5.74) is 1.58. The minimum absolute atomic E-state index is 0.0439. The summed E-state index contributed by atoms with van der Waals surface area (Å²) in [6.45, 7) is 3.01.